The molecule has 3 heteroatoms. The summed E-state index contributed by atoms with van der Waals surface area (Å²) < 4.78 is 0. The van der Waals surface area contributed by atoms with E-state index in [1.807, 2.05) is 11.8 Å². The van der Waals surface area contributed by atoms with Crippen molar-refractivity contribution in [2.75, 3.05) is 11.6 Å². The molecule has 0 bridgehead atoms. The van der Waals surface area contributed by atoms with Crippen molar-refractivity contribution in [2.24, 2.45) is 0 Å². The van der Waals surface area contributed by atoms with Crippen LogP contribution in [-0.2, 0) is 0 Å². The maximum Gasteiger partial charge on any atom is 0.0765 e. The van der Waals surface area contributed by atoms with Gasteiger partial charge in [0.2, 0.25) is 0 Å². The number of rotatable bonds is 4. The van der Waals surface area contributed by atoms with Gasteiger partial charge in [0.1, 0.15) is 0 Å². The van der Waals surface area contributed by atoms with Gasteiger partial charge in [-0.05, 0) is 12.8 Å². The summed E-state index contributed by atoms with van der Waals surface area (Å²) in [6.45, 7) is 0. The highest BCUT2D eigenvalue weighted by Gasteiger charge is 2.16. The van der Waals surface area contributed by atoms with E-state index in [0.717, 1.165) is 11.0 Å². The summed E-state index contributed by atoms with van der Waals surface area (Å²) in [7, 11) is 0. The Kier molecular flexibility index (Phi) is 4.65. The van der Waals surface area contributed by atoms with Crippen LogP contribution in [0, 0.1) is 0 Å². The Morgan fingerprint density at radius 3 is 2.64 bits per heavy atom. The van der Waals surface area contributed by atoms with Crippen molar-refractivity contribution >= 4 is 23.4 Å². The second kappa shape index (κ2) is 5.28. The number of halogens is 1. The van der Waals surface area contributed by atoms with E-state index in [-0.39, 0.29) is 6.10 Å². The first-order chi connectivity index (χ1) is 5.33. The summed E-state index contributed by atoms with van der Waals surface area (Å²) in [4.78, 5) is 0. The lowest BCUT2D eigenvalue weighted by Gasteiger charge is -2.10. The van der Waals surface area contributed by atoms with Crippen LogP contribution in [0.5, 0.6) is 0 Å². The van der Waals surface area contributed by atoms with E-state index in [2.05, 4.69) is 0 Å². The molecule has 1 aliphatic rings. The van der Waals surface area contributed by atoms with E-state index in [4.69, 9.17) is 16.7 Å². The molecule has 0 spiro atoms. The third-order valence-corrected chi connectivity index (χ3v) is 3.88. The zero-order valence-electron chi connectivity index (χ0n) is 6.63. The molecule has 1 aliphatic carbocycles. The maximum absolute atomic E-state index is 9.17. The third kappa shape index (κ3) is 3.68. The maximum atomic E-state index is 9.17. The van der Waals surface area contributed by atoms with Crippen molar-refractivity contribution in [1.29, 1.82) is 0 Å². The van der Waals surface area contributed by atoms with Gasteiger partial charge in [0.05, 0.1) is 6.10 Å². The second-order valence-corrected chi connectivity index (χ2v) is 4.69. The molecule has 0 radical (unpaired) electrons. The zero-order chi connectivity index (χ0) is 8.10. The van der Waals surface area contributed by atoms with Crippen LogP contribution >= 0.6 is 23.4 Å². The van der Waals surface area contributed by atoms with Crippen molar-refractivity contribution in [3.8, 4) is 0 Å². The van der Waals surface area contributed by atoms with E-state index in [1.165, 1.54) is 25.7 Å². The Morgan fingerprint density at radius 1 is 1.45 bits per heavy atom. The van der Waals surface area contributed by atoms with E-state index in [9.17, 15) is 0 Å². The summed E-state index contributed by atoms with van der Waals surface area (Å²) in [5, 5.41) is 9.96. The van der Waals surface area contributed by atoms with Crippen LogP contribution in [0.15, 0.2) is 0 Å². The van der Waals surface area contributed by atoms with Gasteiger partial charge >= 0.3 is 0 Å². The molecule has 0 heterocycles. The smallest absolute Gasteiger partial charge is 0.0765 e. The van der Waals surface area contributed by atoms with Gasteiger partial charge in [0.15, 0.2) is 0 Å². The lowest BCUT2D eigenvalue weighted by molar-refractivity contribution is 0.223. The topological polar surface area (TPSA) is 20.2 Å². The first-order valence-corrected chi connectivity index (χ1v) is 5.77. The Hall–Kier alpha value is 0.600. The Labute approximate surface area is 77.5 Å². The summed E-state index contributed by atoms with van der Waals surface area (Å²) in [5.41, 5.74) is 0. The van der Waals surface area contributed by atoms with Gasteiger partial charge in [0, 0.05) is 16.9 Å². The van der Waals surface area contributed by atoms with Gasteiger partial charge in [-0.15, -0.1) is 11.6 Å². The number of thioether (sulfide) groups is 1. The summed E-state index contributed by atoms with van der Waals surface area (Å²) in [6.07, 6.45) is 5.10. The zero-order valence-corrected chi connectivity index (χ0v) is 8.20. The van der Waals surface area contributed by atoms with Crippen LogP contribution < -0.4 is 0 Å². The van der Waals surface area contributed by atoms with E-state index < -0.39 is 0 Å². The molecular weight excluding hydrogens is 180 g/mol. The van der Waals surface area contributed by atoms with Crippen LogP contribution in [0.1, 0.15) is 25.7 Å². The summed E-state index contributed by atoms with van der Waals surface area (Å²) >= 11 is 7.36. The highest BCUT2D eigenvalue weighted by Crippen LogP contribution is 2.29. The quantitative estimate of drug-likeness (QED) is 0.693. The molecule has 0 saturated heterocycles. The molecule has 0 aromatic rings. The lowest BCUT2D eigenvalue weighted by Crippen LogP contribution is -2.13. The van der Waals surface area contributed by atoms with Crippen LogP contribution in [0.25, 0.3) is 0 Å². The molecule has 1 atom stereocenters. The van der Waals surface area contributed by atoms with Crippen molar-refractivity contribution in [3.05, 3.63) is 0 Å². The molecule has 11 heavy (non-hydrogen) atoms. The molecule has 66 valence electrons. The van der Waals surface area contributed by atoms with Crippen molar-refractivity contribution in [3.63, 3.8) is 0 Å². The summed E-state index contributed by atoms with van der Waals surface area (Å²) in [6, 6.07) is 0. The van der Waals surface area contributed by atoms with Crippen molar-refractivity contribution in [2.45, 2.75) is 37.0 Å². The fourth-order valence-electron chi connectivity index (χ4n) is 1.35. The monoisotopic (exact) mass is 194 g/mol. The van der Waals surface area contributed by atoms with E-state index in [1.54, 1.807) is 0 Å². The van der Waals surface area contributed by atoms with Crippen LogP contribution in [0.3, 0.4) is 0 Å². The molecular formula is C8H15ClOS. The van der Waals surface area contributed by atoms with Gasteiger partial charge in [-0.25, -0.2) is 0 Å². The SMILES string of the molecule is OC(CCl)CSC1CCCC1. The Balaban J connectivity index is 2.01. The first kappa shape index (κ1) is 9.69. The molecule has 1 unspecified atom stereocenters. The molecule has 0 aromatic heterocycles. The Bertz CT molecular complexity index is 104. The average Bonchev–Trinajstić information content (AvgIpc) is 2.52. The van der Waals surface area contributed by atoms with Gasteiger partial charge < -0.3 is 5.11 Å². The predicted molar refractivity (Wildman–Crippen MR) is 51.4 cm³/mol. The highest BCUT2D eigenvalue weighted by molar-refractivity contribution is 7.99. The molecule has 0 amide bonds. The molecule has 0 aromatic carbocycles. The molecule has 0 aliphatic heterocycles. The summed E-state index contributed by atoms with van der Waals surface area (Å²) in [5.74, 6) is 1.19. The highest BCUT2D eigenvalue weighted by atomic mass is 35.5. The number of hydrogen-bond donors (Lipinski definition) is 1. The fraction of sp³-hybridized carbons (Fsp3) is 1.00. The normalized spacial score (nSPS) is 22.4. The average molecular weight is 195 g/mol. The van der Waals surface area contributed by atoms with Crippen molar-refractivity contribution in [1.82, 2.24) is 0 Å². The van der Waals surface area contributed by atoms with E-state index in [0.29, 0.717) is 5.88 Å². The molecule has 1 rings (SSSR count). The number of hydrogen-bond acceptors (Lipinski definition) is 2. The van der Waals surface area contributed by atoms with Crippen LogP contribution in [0.4, 0.5) is 0 Å². The molecule has 1 saturated carbocycles. The number of alkyl halides is 1. The van der Waals surface area contributed by atoms with Gasteiger partial charge in [-0.3, -0.25) is 0 Å². The van der Waals surface area contributed by atoms with E-state index >= 15 is 0 Å². The minimum Gasteiger partial charge on any atom is -0.391 e. The standard InChI is InChI=1S/C8H15ClOS/c9-5-7(10)6-11-8-3-1-2-4-8/h7-8,10H,1-6H2. The minimum absolute atomic E-state index is 0.303. The van der Waals surface area contributed by atoms with Gasteiger partial charge in [-0.2, -0.15) is 11.8 Å². The predicted octanol–water partition coefficient (Wildman–Crippen LogP) is 2.26. The molecule has 1 nitrogen and oxygen atoms in total. The first-order valence-electron chi connectivity index (χ1n) is 4.18. The van der Waals surface area contributed by atoms with Gasteiger partial charge in [-0.1, -0.05) is 12.8 Å². The number of aliphatic hydroxyl groups excluding tert-OH is 1. The lowest BCUT2D eigenvalue weighted by atomic mass is 10.4. The molecule has 1 N–H and O–H groups in total. The minimum atomic E-state index is -0.303. The van der Waals surface area contributed by atoms with Crippen molar-refractivity contribution < 1.29 is 5.11 Å². The van der Waals surface area contributed by atoms with Gasteiger partial charge in [0.25, 0.3) is 0 Å². The molecule has 1 fully saturated rings. The van der Waals surface area contributed by atoms with Crippen LogP contribution in [-0.4, -0.2) is 28.1 Å². The third-order valence-electron chi connectivity index (χ3n) is 2.00. The van der Waals surface area contributed by atoms with Crippen LogP contribution in [0.2, 0.25) is 0 Å². The largest absolute Gasteiger partial charge is 0.391 e. The number of aliphatic hydroxyl groups is 1. The second-order valence-electron chi connectivity index (χ2n) is 3.05. The Morgan fingerprint density at radius 2 is 2.09 bits per heavy atom. The fourth-order valence-corrected chi connectivity index (χ4v) is 2.86.